The van der Waals surface area contributed by atoms with Crippen LogP contribution in [-0.2, 0) is 17.7 Å². The van der Waals surface area contributed by atoms with E-state index in [1.54, 1.807) is 13.0 Å². The molecule has 5 rings (SSSR count). The van der Waals surface area contributed by atoms with Crippen LogP contribution in [0.1, 0.15) is 39.9 Å². The highest BCUT2D eigenvalue weighted by Crippen LogP contribution is 2.36. The molecule has 3 N–H and O–H groups in total. The number of aryl methyl sites for hydroxylation is 1. The van der Waals surface area contributed by atoms with Gasteiger partial charge in [0.2, 0.25) is 0 Å². The Hall–Kier alpha value is -3.70. The molecule has 0 radical (unpaired) electrons. The highest BCUT2D eigenvalue weighted by Gasteiger charge is 2.31. The molecule has 206 valence electrons. The summed E-state index contributed by atoms with van der Waals surface area (Å²) >= 11 is 0. The lowest BCUT2D eigenvalue weighted by Crippen LogP contribution is -2.40. The van der Waals surface area contributed by atoms with Gasteiger partial charge < -0.3 is 20.5 Å². The molecule has 0 saturated carbocycles. The molecule has 1 atom stereocenters. The first-order valence-corrected chi connectivity index (χ1v) is 12.6. The number of alkyl halides is 3. The second-order valence-electron chi connectivity index (χ2n) is 9.97. The van der Waals surface area contributed by atoms with E-state index in [0.717, 1.165) is 24.1 Å². The van der Waals surface area contributed by atoms with Crippen molar-refractivity contribution in [2.75, 3.05) is 30.3 Å². The summed E-state index contributed by atoms with van der Waals surface area (Å²) in [4.78, 5) is 19.8. The maximum Gasteiger partial charge on any atom is 0.411 e. The number of benzene rings is 2. The summed E-state index contributed by atoms with van der Waals surface area (Å²) < 4.78 is 57.3. The minimum Gasteiger partial charge on any atom is -0.508 e. The van der Waals surface area contributed by atoms with Crippen molar-refractivity contribution in [2.45, 2.75) is 45.0 Å². The number of carbonyl (C=O) groups is 1. The predicted molar refractivity (Wildman–Crippen MR) is 138 cm³/mol. The summed E-state index contributed by atoms with van der Waals surface area (Å²) in [5.41, 5.74) is 3.43. The van der Waals surface area contributed by atoms with Crippen LogP contribution in [0.4, 0.5) is 40.4 Å². The lowest BCUT2D eigenvalue weighted by Gasteiger charge is -2.33. The maximum atomic E-state index is 14.5. The van der Waals surface area contributed by atoms with E-state index in [4.69, 9.17) is 4.74 Å². The molecule has 11 heteroatoms. The fourth-order valence-corrected chi connectivity index (χ4v) is 5.01. The Bertz CT molecular complexity index is 1400. The number of pyridine rings is 1. The zero-order valence-electron chi connectivity index (χ0n) is 21.2. The first-order chi connectivity index (χ1) is 18.6. The number of nitrogens with one attached hydrogen (secondary N) is 2. The number of rotatable bonds is 6. The second kappa shape index (κ2) is 10.8. The smallest absolute Gasteiger partial charge is 0.411 e. The van der Waals surface area contributed by atoms with Crippen molar-refractivity contribution < 1.29 is 32.2 Å². The van der Waals surface area contributed by atoms with Crippen LogP contribution in [0.5, 0.6) is 5.75 Å². The van der Waals surface area contributed by atoms with Crippen molar-refractivity contribution in [1.29, 1.82) is 0 Å². The number of fused-ring (bicyclic) bond motifs is 2. The Balaban J connectivity index is 1.32. The van der Waals surface area contributed by atoms with Crippen LogP contribution >= 0.6 is 0 Å². The second-order valence-corrected chi connectivity index (χ2v) is 9.97. The molecule has 0 aliphatic carbocycles. The number of anilines is 4. The number of halogens is 4. The highest BCUT2D eigenvalue weighted by molar-refractivity contribution is 6.09. The number of likely N-dealkylation sites (tertiary alicyclic amines) is 1. The van der Waals surface area contributed by atoms with Crippen LogP contribution in [-0.4, -0.2) is 52.8 Å². The first kappa shape index (κ1) is 26.9. The molecule has 0 spiro atoms. The molecule has 39 heavy (non-hydrogen) atoms. The number of aromatic hydroxyl groups is 1. The van der Waals surface area contributed by atoms with Crippen molar-refractivity contribution in [3.63, 3.8) is 0 Å². The minimum atomic E-state index is -4.35. The van der Waals surface area contributed by atoms with E-state index >= 15 is 0 Å². The van der Waals surface area contributed by atoms with E-state index in [9.17, 15) is 27.5 Å². The Morgan fingerprint density at radius 2 is 2.03 bits per heavy atom. The van der Waals surface area contributed by atoms with Gasteiger partial charge >= 0.3 is 6.18 Å². The van der Waals surface area contributed by atoms with Crippen LogP contribution in [0.15, 0.2) is 42.6 Å². The SMILES string of the molecule is Cc1cc(F)c(Nc2ccnc3c2C(=O)Cc2cc(CN4CCCC(OCC(F)(F)F)C4)ccc2N3)cc1O. The zero-order valence-corrected chi connectivity index (χ0v) is 21.2. The van der Waals surface area contributed by atoms with E-state index in [1.165, 1.54) is 18.3 Å². The topological polar surface area (TPSA) is 86.7 Å². The molecule has 3 aromatic rings. The summed E-state index contributed by atoms with van der Waals surface area (Å²) in [5.74, 6) is -0.537. The van der Waals surface area contributed by atoms with Crippen molar-refractivity contribution in [3.8, 4) is 5.75 Å². The Kier molecular flexibility index (Phi) is 7.46. The Labute approximate surface area is 222 Å². The quantitative estimate of drug-likeness (QED) is 0.328. The molecular formula is C28H28F4N4O3. The number of nitrogens with zero attached hydrogens (tertiary/aromatic N) is 2. The van der Waals surface area contributed by atoms with E-state index in [1.807, 2.05) is 18.2 Å². The van der Waals surface area contributed by atoms with Gasteiger partial charge in [-0.3, -0.25) is 9.69 Å². The Morgan fingerprint density at radius 1 is 1.21 bits per heavy atom. The van der Waals surface area contributed by atoms with Gasteiger partial charge in [0.15, 0.2) is 5.78 Å². The number of piperidine rings is 1. The molecular weight excluding hydrogens is 516 g/mol. The fourth-order valence-electron chi connectivity index (χ4n) is 5.01. The van der Waals surface area contributed by atoms with Gasteiger partial charge in [-0.1, -0.05) is 12.1 Å². The summed E-state index contributed by atoms with van der Waals surface area (Å²) in [6.07, 6.45) is -1.93. The summed E-state index contributed by atoms with van der Waals surface area (Å²) in [6, 6.07) is 9.73. The van der Waals surface area contributed by atoms with Gasteiger partial charge in [-0.2, -0.15) is 13.2 Å². The normalized spacial score (nSPS) is 17.7. The fraction of sp³-hybridized carbons (Fsp3) is 0.357. The number of phenols is 1. The molecule has 1 unspecified atom stereocenters. The van der Waals surface area contributed by atoms with Crippen molar-refractivity contribution in [2.24, 2.45) is 0 Å². The zero-order chi connectivity index (χ0) is 27.7. The summed E-state index contributed by atoms with van der Waals surface area (Å²) in [5, 5.41) is 16.1. The molecule has 0 bridgehead atoms. The average Bonchev–Trinajstić information content (AvgIpc) is 3.01. The molecule has 1 aromatic heterocycles. The van der Waals surface area contributed by atoms with Crippen LogP contribution in [0, 0.1) is 12.7 Å². The highest BCUT2D eigenvalue weighted by atomic mass is 19.4. The molecule has 3 heterocycles. The Morgan fingerprint density at radius 3 is 2.82 bits per heavy atom. The molecule has 2 aliphatic rings. The van der Waals surface area contributed by atoms with Gasteiger partial charge in [0.1, 0.15) is 24.0 Å². The predicted octanol–water partition coefficient (Wildman–Crippen LogP) is 6.00. The van der Waals surface area contributed by atoms with Gasteiger partial charge in [-0.25, -0.2) is 9.37 Å². The number of hydrogen-bond acceptors (Lipinski definition) is 7. The summed E-state index contributed by atoms with van der Waals surface area (Å²) in [6.45, 7) is 2.00. The van der Waals surface area contributed by atoms with E-state index < -0.39 is 24.7 Å². The largest absolute Gasteiger partial charge is 0.508 e. The van der Waals surface area contributed by atoms with Crippen LogP contribution in [0.2, 0.25) is 0 Å². The number of hydrogen-bond donors (Lipinski definition) is 3. The number of ketones is 1. The number of aromatic nitrogens is 1. The molecule has 0 amide bonds. The average molecular weight is 545 g/mol. The monoisotopic (exact) mass is 544 g/mol. The third-order valence-electron chi connectivity index (χ3n) is 6.91. The van der Waals surface area contributed by atoms with Crippen molar-refractivity contribution in [1.82, 2.24) is 9.88 Å². The van der Waals surface area contributed by atoms with Crippen LogP contribution in [0.3, 0.4) is 0 Å². The number of phenolic OH excluding ortho intramolecular Hbond substituents is 1. The van der Waals surface area contributed by atoms with Gasteiger partial charge in [0.05, 0.1) is 23.0 Å². The summed E-state index contributed by atoms with van der Waals surface area (Å²) in [7, 11) is 0. The van der Waals surface area contributed by atoms with Crippen LogP contribution < -0.4 is 10.6 Å². The van der Waals surface area contributed by atoms with Gasteiger partial charge in [-0.15, -0.1) is 0 Å². The van der Waals surface area contributed by atoms with Gasteiger partial charge in [0, 0.05) is 37.5 Å². The van der Waals surface area contributed by atoms with Gasteiger partial charge in [0.25, 0.3) is 0 Å². The van der Waals surface area contributed by atoms with Crippen LogP contribution in [0.25, 0.3) is 0 Å². The van der Waals surface area contributed by atoms with E-state index in [0.29, 0.717) is 42.3 Å². The van der Waals surface area contributed by atoms with Crippen molar-refractivity contribution in [3.05, 3.63) is 70.7 Å². The molecule has 7 nitrogen and oxygen atoms in total. The van der Waals surface area contributed by atoms with E-state index in [-0.39, 0.29) is 29.2 Å². The third kappa shape index (κ3) is 6.31. The van der Waals surface area contributed by atoms with Crippen molar-refractivity contribution >= 4 is 28.7 Å². The number of carbonyl (C=O) groups excluding carboxylic acids is 1. The molecule has 1 fully saturated rings. The van der Waals surface area contributed by atoms with E-state index in [2.05, 4.69) is 20.5 Å². The number of ether oxygens (including phenoxy) is 1. The maximum absolute atomic E-state index is 14.5. The first-order valence-electron chi connectivity index (χ1n) is 12.6. The molecule has 2 aromatic carbocycles. The molecule has 2 aliphatic heterocycles. The number of Topliss-reactive ketones (excluding diaryl/α,β-unsaturated/α-hetero) is 1. The standard InChI is InChI=1S/C28H28F4N4O3/c1-16-9-20(29)23(12-24(16)37)34-22-6-7-33-27-26(22)25(38)11-18-10-17(4-5-21(18)35-27)13-36-8-2-3-19(14-36)39-15-28(30,31)32/h4-7,9-10,12,19,37H,2-3,8,11,13-15H2,1H3,(H2,33,34,35). The van der Waals surface area contributed by atoms with Gasteiger partial charge in [-0.05, 0) is 61.2 Å². The minimum absolute atomic E-state index is 0.0300. The lowest BCUT2D eigenvalue weighted by atomic mass is 10.00. The molecule has 1 saturated heterocycles. The third-order valence-corrected chi connectivity index (χ3v) is 6.91. The lowest BCUT2D eigenvalue weighted by molar-refractivity contribution is -0.189.